The molecule has 7 heteroatoms. The summed E-state index contributed by atoms with van der Waals surface area (Å²) in [7, 11) is 0. The van der Waals surface area contributed by atoms with E-state index in [2.05, 4.69) is 21.2 Å². The second-order valence-electron chi connectivity index (χ2n) is 4.33. The van der Waals surface area contributed by atoms with E-state index in [0.29, 0.717) is 5.69 Å². The maximum Gasteiger partial charge on any atom is 0.335 e. The number of nitrogens with zero attached hydrogens (tertiary/aromatic N) is 1. The van der Waals surface area contributed by atoms with Gasteiger partial charge in [0.05, 0.1) is 10.5 Å². The van der Waals surface area contributed by atoms with Crippen LogP contribution in [0, 0.1) is 17.0 Å². The highest BCUT2D eigenvalue weighted by Gasteiger charge is 2.18. The van der Waals surface area contributed by atoms with Gasteiger partial charge in [0.25, 0.3) is 5.69 Å². The number of halogens is 1. The van der Waals surface area contributed by atoms with Crippen LogP contribution in [0.4, 0.5) is 17.1 Å². The van der Waals surface area contributed by atoms with Crippen LogP contribution in [0.5, 0.6) is 0 Å². The number of hydrogen-bond donors (Lipinski definition) is 2. The fourth-order valence-electron chi connectivity index (χ4n) is 1.81. The van der Waals surface area contributed by atoms with Crippen LogP contribution in [0.1, 0.15) is 15.9 Å². The van der Waals surface area contributed by atoms with Gasteiger partial charge in [0.1, 0.15) is 5.69 Å². The van der Waals surface area contributed by atoms with Crippen molar-refractivity contribution in [2.75, 3.05) is 5.32 Å². The Labute approximate surface area is 128 Å². The molecule has 6 nitrogen and oxygen atoms in total. The van der Waals surface area contributed by atoms with E-state index in [1.807, 2.05) is 13.0 Å². The molecular formula is C14H11BrN2O4. The molecule has 0 bridgehead atoms. The molecule has 0 aliphatic heterocycles. The Morgan fingerprint density at radius 1 is 1.29 bits per heavy atom. The van der Waals surface area contributed by atoms with E-state index < -0.39 is 10.9 Å². The molecule has 2 aromatic rings. The average molecular weight is 351 g/mol. The van der Waals surface area contributed by atoms with Gasteiger partial charge in [-0.05, 0) is 36.8 Å². The third-order valence-electron chi connectivity index (χ3n) is 2.98. The fraction of sp³-hybridized carbons (Fsp3) is 0.0714. The Morgan fingerprint density at radius 3 is 2.62 bits per heavy atom. The summed E-state index contributed by atoms with van der Waals surface area (Å²) < 4.78 is 0.873. The zero-order chi connectivity index (χ0) is 15.6. The van der Waals surface area contributed by atoms with Crippen molar-refractivity contribution in [1.82, 2.24) is 0 Å². The molecule has 0 aliphatic carbocycles. The topological polar surface area (TPSA) is 92.5 Å². The zero-order valence-electron chi connectivity index (χ0n) is 11.0. The van der Waals surface area contributed by atoms with Crippen LogP contribution >= 0.6 is 15.9 Å². The minimum absolute atomic E-state index is 0.127. The van der Waals surface area contributed by atoms with E-state index in [4.69, 9.17) is 5.11 Å². The number of carboxylic acid groups (broad SMARTS) is 1. The third kappa shape index (κ3) is 3.19. The summed E-state index contributed by atoms with van der Waals surface area (Å²) in [6.45, 7) is 1.86. The monoisotopic (exact) mass is 350 g/mol. The number of rotatable bonds is 4. The smallest absolute Gasteiger partial charge is 0.335 e. The van der Waals surface area contributed by atoms with Gasteiger partial charge in [-0.15, -0.1) is 0 Å². The highest BCUT2D eigenvalue weighted by Crippen LogP contribution is 2.32. The van der Waals surface area contributed by atoms with Gasteiger partial charge in [0.15, 0.2) is 0 Å². The van der Waals surface area contributed by atoms with Gasteiger partial charge in [-0.1, -0.05) is 22.0 Å². The molecule has 0 heterocycles. The molecule has 0 amide bonds. The minimum atomic E-state index is -1.21. The van der Waals surface area contributed by atoms with Gasteiger partial charge < -0.3 is 10.4 Å². The SMILES string of the molecule is Cc1c(Br)cccc1Nc1ccc(C(=O)O)cc1[N+](=O)[O-]. The number of hydrogen-bond acceptors (Lipinski definition) is 4. The summed E-state index contributed by atoms with van der Waals surface area (Å²) in [5, 5.41) is 23.0. The van der Waals surface area contributed by atoms with Crippen molar-refractivity contribution in [3.8, 4) is 0 Å². The van der Waals surface area contributed by atoms with Crippen LogP contribution in [-0.4, -0.2) is 16.0 Å². The summed E-state index contributed by atoms with van der Waals surface area (Å²) >= 11 is 3.39. The summed E-state index contributed by atoms with van der Waals surface area (Å²) in [5.41, 5.74) is 1.43. The molecule has 0 radical (unpaired) electrons. The van der Waals surface area contributed by atoms with Crippen LogP contribution in [0.25, 0.3) is 0 Å². The predicted octanol–water partition coefficient (Wildman–Crippen LogP) is 4.11. The van der Waals surface area contributed by atoms with Crippen LogP contribution in [0.3, 0.4) is 0 Å². The second-order valence-corrected chi connectivity index (χ2v) is 5.19. The Bertz CT molecular complexity index is 731. The van der Waals surface area contributed by atoms with E-state index in [1.165, 1.54) is 12.1 Å². The highest BCUT2D eigenvalue weighted by molar-refractivity contribution is 9.10. The first-order valence-corrected chi connectivity index (χ1v) is 6.73. The lowest BCUT2D eigenvalue weighted by Gasteiger charge is -2.11. The van der Waals surface area contributed by atoms with Gasteiger partial charge in [-0.25, -0.2) is 4.79 Å². The van der Waals surface area contributed by atoms with Crippen molar-refractivity contribution in [2.45, 2.75) is 6.92 Å². The fourth-order valence-corrected chi connectivity index (χ4v) is 2.18. The Kier molecular flexibility index (Phi) is 4.23. The number of carbonyl (C=O) groups is 1. The van der Waals surface area contributed by atoms with Crippen LogP contribution in [-0.2, 0) is 0 Å². The molecule has 108 valence electrons. The van der Waals surface area contributed by atoms with Gasteiger partial charge in [0, 0.05) is 16.2 Å². The van der Waals surface area contributed by atoms with E-state index >= 15 is 0 Å². The minimum Gasteiger partial charge on any atom is -0.478 e. The lowest BCUT2D eigenvalue weighted by molar-refractivity contribution is -0.383. The largest absolute Gasteiger partial charge is 0.478 e. The van der Waals surface area contributed by atoms with E-state index in [-0.39, 0.29) is 16.9 Å². The molecule has 2 rings (SSSR count). The number of nitro groups is 1. The predicted molar refractivity (Wildman–Crippen MR) is 82.2 cm³/mol. The number of nitro benzene ring substituents is 1. The maximum absolute atomic E-state index is 11.1. The quantitative estimate of drug-likeness (QED) is 0.639. The first-order chi connectivity index (χ1) is 9.90. The first kappa shape index (κ1) is 15.0. The number of carboxylic acids is 1. The van der Waals surface area contributed by atoms with Crippen molar-refractivity contribution >= 4 is 39.0 Å². The molecule has 0 aromatic heterocycles. The molecule has 0 aliphatic rings. The van der Waals surface area contributed by atoms with Gasteiger partial charge >= 0.3 is 5.97 Å². The van der Waals surface area contributed by atoms with Crippen molar-refractivity contribution in [2.24, 2.45) is 0 Å². The van der Waals surface area contributed by atoms with Crippen molar-refractivity contribution < 1.29 is 14.8 Å². The summed E-state index contributed by atoms with van der Waals surface area (Å²) in [5.74, 6) is -1.21. The molecule has 0 spiro atoms. The summed E-state index contributed by atoms with van der Waals surface area (Å²) in [6.07, 6.45) is 0. The van der Waals surface area contributed by atoms with Gasteiger partial charge in [-0.3, -0.25) is 10.1 Å². The number of nitrogens with one attached hydrogen (secondary N) is 1. The zero-order valence-corrected chi connectivity index (χ0v) is 12.5. The number of benzene rings is 2. The standard InChI is InChI=1S/C14H11BrN2O4/c1-8-10(15)3-2-4-11(8)16-12-6-5-9(14(18)19)7-13(12)17(20)21/h2-7,16H,1H3,(H,18,19). The normalized spacial score (nSPS) is 10.2. The Hall–Kier alpha value is -2.41. The molecular weight excluding hydrogens is 340 g/mol. The van der Waals surface area contributed by atoms with Crippen molar-refractivity contribution in [3.63, 3.8) is 0 Å². The number of anilines is 2. The lowest BCUT2D eigenvalue weighted by atomic mass is 10.1. The molecule has 2 aromatic carbocycles. The molecule has 2 N–H and O–H groups in total. The summed E-state index contributed by atoms with van der Waals surface area (Å²) in [4.78, 5) is 21.4. The highest BCUT2D eigenvalue weighted by atomic mass is 79.9. The van der Waals surface area contributed by atoms with E-state index in [9.17, 15) is 14.9 Å². The van der Waals surface area contributed by atoms with Crippen LogP contribution in [0.15, 0.2) is 40.9 Å². The first-order valence-electron chi connectivity index (χ1n) is 5.94. The maximum atomic E-state index is 11.1. The van der Waals surface area contributed by atoms with Crippen LogP contribution in [0.2, 0.25) is 0 Å². The van der Waals surface area contributed by atoms with E-state index in [1.54, 1.807) is 12.1 Å². The molecule has 0 saturated carbocycles. The van der Waals surface area contributed by atoms with Gasteiger partial charge in [0.2, 0.25) is 0 Å². The van der Waals surface area contributed by atoms with Crippen molar-refractivity contribution in [1.29, 1.82) is 0 Å². The molecule has 0 saturated heterocycles. The average Bonchev–Trinajstić information content (AvgIpc) is 2.43. The number of aromatic carboxylic acids is 1. The lowest BCUT2D eigenvalue weighted by Crippen LogP contribution is -2.02. The summed E-state index contributed by atoms with van der Waals surface area (Å²) in [6, 6.07) is 9.21. The second kappa shape index (κ2) is 5.92. The third-order valence-corrected chi connectivity index (χ3v) is 3.84. The van der Waals surface area contributed by atoms with Crippen LogP contribution < -0.4 is 5.32 Å². The molecule has 0 unspecified atom stereocenters. The van der Waals surface area contributed by atoms with Crippen molar-refractivity contribution in [3.05, 3.63) is 62.1 Å². The van der Waals surface area contributed by atoms with E-state index in [0.717, 1.165) is 16.1 Å². The molecule has 0 atom stereocenters. The van der Waals surface area contributed by atoms with Gasteiger partial charge in [-0.2, -0.15) is 0 Å². The Balaban J connectivity index is 2.46. The Morgan fingerprint density at radius 2 is 2.00 bits per heavy atom. The molecule has 21 heavy (non-hydrogen) atoms. The molecule has 0 fully saturated rings.